The van der Waals surface area contributed by atoms with E-state index >= 15 is 0 Å². The fraction of sp³-hybridized carbons (Fsp3) is 0.231. The molecule has 34 heavy (non-hydrogen) atoms. The molecule has 6 nitrogen and oxygen atoms in total. The molecule has 0 spiro atoms. The third-order valence-electron chi connectivity index (χ3n) is 5.87. The maximum absolute atomic E-state index is 13.6. The molecule has 5 rings (SSSR count). The Hall–Kier alpha value is -3.65. The highest BCUT2D eigenvalue weighted by molar-refractivity contribution is 7.19. The van der Waals surface area contributed by atoms with Crippen LogP contribution in [0.3, 0.4) is 0 Å². The summed E-state index contributed by atoms with van der Waals surface area (Å²) in [5.74, 6) is 0.228. The zero-order chi connectivity index (χ0) is 23.3. The Morgan fingerprint density at radius 1 is 1.00 bits per heavy atom. The van der Waals surface area contributed by atoms with Gasteiger partial charge >= 0.3 is 0 Å². The average molecular weight is 474 g/mol. The molecule has 0 atom stereocenters. The molecule has 172 valence electrons. The van der Waals surface area contributed by atoms with Crippen molar-refractivity contribution >= 4 is 28.2 Å². The first kappa shape index (κ1) is 22.2. The van der Waals surface area contributed by atoms with Gasteiger partial charge in [0.05, 0.1) is 16.1 Å². The highest BCUT2D eigenvalue weighted by Gasteiger charge is 2.19. The number of carbonyl (C=O) groups is 1. The van der Waals surface area contributed by atoms with Crippen molar-refractivity contribution in [1.29, 1.82) is 0 Å². The third-order valence-corrected chi connectivity index (χ3v) is 6.89. The summed E-state index contributed by atoms with van der Waals surface area (Å²) in [6.45, 7) is 0. The zero-order valence-corrected chi connectivity index (χ0v) is 19.3. The smallest absolute Gasteiger partial charge is 0.259 e. The van der Waals surface area contributed by atoms with Crippen LogP contribution in [-0.4, -0.2) is 26.9 Å². The number of hydrogen-bond donors (Lipinski definition) is 2. The second kappa shape index (κ2) is 10.1. The Labute approximate surface area is 201 Å². The van der Waals surface area contributed by atoms with Gasteiger partial charge in [0.2, 0.25) is 0 Å². The van der Waals surface area contributed by atoms with E-state index in [1.165, 1.54) is 48.9 Å². The molecule has 0 unspecified atom stereocenters. The lowest BCUT2D eigenvalue weighted by Crippen LogP contribution is -2.22. The predicted octanol–water partition coefficient (Wildman–Crippen LogP) is 6.40. The van der Waals surface area contributed by atoms with Crippen molar-refractivity contribution in [1.82, 2.24) is 15.0 Å². The van der Waals surface area contributed by atoms with E-state index in [-0.39, 0.29) is 11.7 Å². The number of aromatic nitrogens is 3. The fourth-order valence-electron chi connectivity index (χ4n) is 4.15. The van der Waals surface area contributed by atoms with Crippen LogP contribution in [0.15, 0.2) is 67.1 Å². The van der Waals surface area contributed by atoms with Crippen LogP contribution >= 0.6 is 11.3 Å². The van der Waals surface area contributed by atoms with Gasteiger partial charge in [0, 0.05) is 30.2 Å². The number of rotatable bonds is 6. The summed E-state index contributed by atoms with van der Waals surface area (Å²) in [4.78, 5) is 26.8. The number of anilines is 2. The molecule has 1 aliphatic rings. The Balaban J connectivity index is 1.48. The predicted molar refractivity (Wildman–Crippen MR) is 133 cm³/mol. The third kappa shape index (κ3) is 5.12. The second-order valence-corrected chi connectivity index (χ2v) is 9.31. The Morgan fingerprint density at radius 2 is 1.82 bits per heavy atom. The summed E-state index contributed by atoms with van der Waals surface area (Å²) in [6.07, 6.45) is 11.0. The van der Waals surface area contributed by atoms with Crippen LogP contribution in [0.2, 0.25) is 0 Å². The summed E-state index contributed by atoms with van der Waals surface area (Å²) in [5, 5.41) is 6.90. The minimum atomic E-state index is -0.312. The molecule has 0 saturated heterocycles. The first-order chi connectivity index (χ1) is 16.7. The number of pyridine rings is 2. The van der Waals surface area contributed by atoms with Crippen LogP contribution in [0.25, 0.3) is 21.7 Å². The molecule has 4 aromatic rings. The van der Waals surface area contributed by atoms with Crippen LogP contribution in [0, 0.1) is 5.82 Å². The normalized spacial score (nSPS) is 14.0. The van der Waals surface area contributed by atoms with Crippen LogP contribution in [0.1, 0.15) is 42.5 Å². The van der Waals surface area contributed by atoms with Crippen LogP contribution < -0.4 is 10.6 Å². The molecule has 1 aliphatic carbocycles. The lowest BCUT2D eigenvalue weighted by molar-refractivity contribution is 0.102. The van der Waals surface area contributed by atoms with Gasteiger partial charge in [0.15, 0.2) is 5.13 Å². The van der Waals surface area contributed by atoms with Gasteiger partial charge < -0.3 is 5.32 Å². The maximum atomic E-state index is 13.6. The summed E-state index contributed by atoms with van der Waals surface area (Å²) in [7, 11) is 0. The number of halogens is 1. The molecule has 1 amide bonds. The van der Waals surface area contributed by atoms with Gasteiger partial charge in [-0.15, -0.1) is 0 Å². The highest BCUT2D eigenvalue weighted by Crippen LogP contribution is 2.40. The lowest BCUT2D eigenvalue weighted by Gasteiger charge is -2.23. The molecular formula is C26H24FN5OS. The van der Waals surface area contributed by atoms with E-state index in [9.17, 15) is 9.18 Å². The number of nitrogens with zero attached hydrogens (tertiary/aromatic N) is 3. The standard InChI is InChI=1S/C26H24FN5OS/c27-20-10-8-17(9-11-20)23-24(34-26(31-23)32-25(33)19-5-4-13-28-16-19)18-12-14-29-22(15-18)30-21-6-2-1-3-7-21/h4-5,8-16,21H,1-3,6-7H2,(H,29,30)(H,31,32,33). The van der Waals surface area contributed by atoms with E-state index in [2.05, 4.69) is 20.6 Å². The van der Waals surface area contributed by atoms with Gasteiger partial charge in [-0.25, -0.2) is 14.4 Å². The average Bonchev–Trinajstić information content (AvgIpc) is 3.29. The van der Waals surface area contributed by atoms with Gasteiger partial charge in [0.25, 0.3) is 5.91 Å². The van der Waals surface area contributed by atoms with E-state index in [1.54, 1.807) is 36.7 Å². The van der Waals surface area contributed by atoms with E-state index in [4.69, 9.17) is 4.98 Å². The van der Waals surface area contributed by atoms with E-state index in [1.807, 2.05) is 12.1 Å². The monoisotopic (exact) mass is 473 g/mol. The first-order valence-corrected chi connectivity index (χ1v) is 12.2. The van der Waals surface area contributed by atoms with E-state index in [0.717, 1.165) is 34.7 Å². The number of thiazole rings is 1. The SMILES string of the molecule is O=C(Nc1nc(-c2ccc(F)cc2)c(-c2ccnc(NC3CCCCC3)c2)s1)c1cccnc1. The summed E-state index contributed by atoms with van der Waals surface area (Å²) in [5.41, 5.74) is 2.84. The van der Waals surface area contributed by atoms with Crippen molar-refractivity contribution in [2.75, 3.05) is 10.6 Å². The molecule has 0 aliphatic heterocycles. The Bertz CT molecular complexity index is 1270. The highest BCUT2D eigenvalue weighted by atomic mass is 32.1. The Kier molecular flexibility index (Phi) is 6.58. The minimum absolute atomic E-state index is 0.284. The van der Waals surface area contributed by atoms with Crippen molar-refractivity contribution in [3.8, 4) is 21.7 Å². The van der Waals surface area contributed by atoms with Crippen molar-refractivity contribution in [3.63, 3.8) is 0 Å². The fourth-order valence-corrected chi connectivity index (χ4v) is 5.12. The van der Waals surface area contributed by atoms with E-state index < -0.39 is 0 Å². The molecule has 1 saturated carbocycles. The van der Waals surface area contributed by atoms with Gasteiger partial charge in [-0.2, -0.15) is 0 Å². The molecular weight excluding hydrogens is 449 g/mol. The maximum Gasteiger partial charge on any atom is 0.259 e. The summed E-state index contributed by atoms with van der Waals surface area (Å²) in [6, 6.07) is 14.0. The Morgan fingerprint density at radius 3 is 2.59 bits per heavy atom. The van der Waals surface area contributed by atoms with E-state index in [0.29, 0.717) is 22.4 Å². The number of amides is 1. The lowest BCUT2D eigenvalue weighted by atomic mass is 9.95. The largest absolute Gasteiger partial charge is 0.367 e. The number of hydrogen-bond acceptors (Lipinski definition) is 6. The summed E-state index contributed by atoms with van der Waals surface area (Å²) >= 11 is 1.38. The van der Waals surface area contributed by atoms with Crippen molar-refractivity contribution in [2.45, 2.75) is 38.1 Å². The van der Waals surface area contributed by atoms with Crippen molar-refractivity contribution in [2.24, 2.45) is 0 Å². The van der Waals surface area contributed by atoms with Crippen molar-refractivity contribution < 1.29 is 9.18 Å². The van der Waals surface area contributed by atoms with Gasteiger partial charge in [0.1, 0.15) is 11.6 Å². The second-order valence-electron chi connectivity index (χ2n) is 8.31. The van der Waals surface area contributed by atoms with Gasteiger partial charge in [-0.05, 0) is 66.9 Å². The van der Waals surface area contributed by atoms with Crippen LogP contribution in [-0.2, 0) is 0 Å². The number of nitrogens with one attached hydrogen (secondary N) is 2. The molecule has 3 aromatic heterocycles. The first-order valence-electron chi connectivity index (χ1n) is 11.4. The minimum Gasteiger partial charge on any atom is -0.367 e. The van der Waals surface area contributed by atoms with Gasteiger partial charge in [-0.3, -0.25) is 15.1 Å². The molecule has 0 bridgehead atoms. The van der Waals surface area contributed by atoms with Crippen LogP contribution in [0.5, 0.6) is 0 Å². The molecule has 1 aromatic carbocycles. The van der Waals surface area contributed by atoms with Gasteiger partial charge in [-0.1, -0.05) is 30.6 Å². The zero-order valence-electron chi connectivity index (χ0n) is 18.5. The molecule has 2 N–H and O–H groups in total. The van der Waals surface area contributed by atoms with Crippen molar-refractivity contribution in [3.05, 3.63) is 78.5 Å². The van der Waals surface area contributed by atoms with Crippen LogP contribution in [0.4, 0.5) is 15.3 Å². The molecule has 8 heteroatoms. The molecule has 1 fully saturated rings. The number of carbonyl (C=O) groups excluding carboxylic acids is 1. The molecule has 0 radical (unpaired) electrons. The summed E-state index contributed by atoms with van der Waals surface area (Å²) < 4.78 is 13.6. The molecule has 3 heterocycles. The number of benzene rings is 1. The quantitative estimate of drug-likeness (QED) is 0.339. The topological polar surface area (TPSA) is 79.8 Å².